The Hall–Kier alpha value is -2.14. The molecule has 0 fully saturated rings. The first-order valence-corrected chi connectivity index (χ1v) is 7.82. The molecule has 5 nitrogen and oxygen atoms in total. The zero-order chi connectivity index (χ0) is 17.1. The lowest BCUT2D eigenvalue weighted by molar-refractivity contribution is -0.117. The first-order valence-electron chi connectivity index (χ1n) is 7.82. The van der Waals surface area contributed by atoms with Gasteiger partial charge in [-0.2, -0.15) is 5.10 Å². The van der Waals surface area contributed by atoms with Crippen LogP contribution in [-0.4, -0.2) is 34.2 Å². The summed E-state index contributed by atoms with van der Waals surface area (Å²) in [4.78, 5) is 14.3. The monoisotopic (exact) mass is 314 g/mol. The molecule has 124 valence electrons. The van der Waals surface area contributed by atoms with Gasteiger partial charge in [0.2, 0.25) is 5.91 Å². The molecule has 1 amide bonds. The molecule has 2 aromatic rings. The lowest BCUT2D eigenvalue weighted by Crippen LogP contribution is -2.30. The number of carbonyl (C=O) groups excluding carboxylic acids is 1. The van der Waals surface area contributed by atoms with E-state index in [0.29, 0.717) is 13.1 Å². The number of aromatic nitrogens is 2. The highest BCUT2D eigenvalue weighted by Crippen LogP contribution is 2.17. The zero-order valence-corrected chi connectivity index (χ0v) is 14.9. The molecule has 0 aliphatic rings. The SMILES string of the molecule is Cc1ccc(C)c(NC(=O)CN(C)Cc2c(C)nn(C)c2C)c1. The fraction of sp³-hybridized carbons (Fsp3) is 0.444. The van der Waals surface area contributed by atoms with Crippen LogP contribution in [0.4, 0.5) is 5.69 Å². The minimum absolute atomic E-state index is 0.000367. The number of likely N-dealkylation sites (N-methyl/N-ethyl adjacent to an activating group) is 1. The quantitative estimate of drug-likeness (QED) is 0.923. The van der Waals surface area contributed by atoms with E-state index in [0.717, 1.165) is 28.2 Å². The summed E-state index contributed by atoms with van der Waals surface area (Å²) < 4.78 is 1.88. The van der Waals surface area contributed by atoms with Gasteiger partial charge >= 0.3 is 0 Å². The second-order valence-electron chi connectivity index (χ2n) is 6.31. The number of hydrogen-bond acceptors (Lipinski definition) is 3. The summed E-state index contributed by atoms with van der Waals surface area (Å²) in [7, 11) is 3.90. The lowest BCUT2D eigenvalue weighted by Gasteiger charge is -2.17. The minimum Gasteiger partial charge on any atom is -0.325 e. The normalized spacial score (nSPS) is 11.1. The van der Waals surface area contributed by atoms with Crippen LogP contribution in [0, 0.1) is 27.7 Å². The van der Waals surface area contributed by atoms with Crippen molar-refractivity contribution < 1.29 is 4.79 Å². The van der Waals surface area contributed by atoms with Crippen LogP contribution in [0.2, 0.25) is 0 Å². The Balaban J connectivity index is 1.98. The minimum atomic E-state index is 0.000367. The fourth-order valence-corrected chi connectivity index (χ4v) is 2.68. The second-order valence-corrected chi connectivity index (χ2v) is 6.31. The van der Waals surface area contributed by atoms with Crippen molar-refractivity contribution in [1.29, 1.82) is 0 Å². The molecule has 1 N–H and O–H groups in total. The molecule has 1 heterocycles. The zero-order valence-electron chi connectivity index (χ0n) is 14.9. The number of anilines is 1. The maximum Gasteiger partial charge on any atom is 0.238 e. The summed E-state index contributed by atoms with van der Waals surface area (Å²) >= 11 is 0. The van der Waals surface area contributed by atoms with Crippen molar-refractivity contribution >= 4 is 11.6 Å². The van der Waals surface area contributed by atoms with Crippen LogP contribution in [0.1, 0.15) is 28.1 Å². The third-order valence-corrected chi connectivity index (χ3v) is 4.17. The molecular formula is C18H26N4O. The summed E-state index contributed by atoms with van der Waals surface area (Å²) in [5.74, 6) is 0.000367. The average Bonchev–Trinajstić information content (AvgIpc) is 2.69. The number of benzene rings is 1. The molecule has 0 saturated heterocycles. The molecule has 2 rings (SSSR count). The molecule has 1 aromatic heterocycles. The second kappa shape index (κ2) is 6.96. The van der Waals surface area contributed by atoms with Crippen molar-refractivity contribution in [1.82, 2.24) is 14.7 Å². The van der Waals surface area contributed by atoms with Gasteiger partial charge in [0.1, 0.15) is 0 Å². The van der Waals surface area contributed by atoms with E-state index in [4.69, 9.17) is 0 Å². The van der Waals surface area contributed by atoms with E-state index in [1.807, 2.05) is 62.6 Å². The largest absolute Gasteiger partial charge is 0.325 e. The predicted molar refractivity (Wildman–Crippen MR) is 93.6 cm³/mol. The number of aryl methyl sites for hydroxylation is 4. The average molecular weight is 314 g/mol. The number of nitrogens with zero attached hydrogens (tertiary/aromatic N) is 3. The lowest BCUT2D eigenvalue weighted by atomic mass is 10.1. The highest BCUT2D eigenvalue weighted by atomic mass is 16.2. The van der Waals surface area contributed by atoms with E-state index < -0.39 is 0 Å². The molecule has 0 spiro atoms. The molecule has 23 heavy (non-hydrogen) atoms. The molecule has 5 heteroatoms. The molecule has 0 aliphatic heterocycles. The number of rotatable bonds is 5. The molecule has 0 bridgehead atoms. The summed E-state index contributed by atoms with van der Waals surface area (Å²) in [6.07, 6.45) is 0. The molecular weight excluding hydrogens is 288 g/mol. The molecule has 0 radical (unpaired) electrons. The van der Waals surface area contributed by atoms with E-state index in [-0.39, 0.29) is 5.91 Å². The van der Waals surface area contributed by atoms with Gasteiger partial charge in [-0.1, -0.05) is 12.1 Å². The van der Waals surface area contributed by atoms with E-state index in [2.05, 4.69) is 17.3 Å². The Morgan fingerprint density at radius 2 is 1.96 bits per heavy atom. The number of carbonyl (C=O) groups is 1. The Labute approximate surface area is 138 Å². The van der Waals surface area contributed by atoms with E-state index >= 15 is 0 Å². The molecule has 0 atom stereocenters. The molecule has 1 aromatic carbocycles. The van der Waals surface area contributed by atoms with Crippen LogP contribution in [0.5, 0.6) is 0 Å². The van der Waals surface area contributed by atoms with Crippen molar-refractivity contribution in [3.05, 3.63) is 46.3 Å². The Bertz CT molecular complexity index is 718. The highest BCUT2D eigenvalue weighted by molar-refractivity contribution is 5.93. The smallest absolute Gasteiger partial charge is 0.238 e. The van der Waals surface area contributed by atoms with E-state index in [1.165, 1.54) is 5.56 Å². The maximum absolute atomic E-state index is 12.3. The Morgan fingerprint density at radius 1 is 1.26 bits per heavy atom. The first-order chi connectivity index (χ1) is 10.8. The van der Waals surface area contributed by atoms with Crippen molar-refractivity contribution in [2.24, 2.45) is 7.05 Å². The summed E-state index contributed by atoms with van der Waals surface area (Å²) in [5.41, 5.74) is 6.45. The third-order valence-electron chi connectivity index (χ3n) is 4.17. The van der Waals surface area contributed by atoms with Crippen molar-refractivity contribution in [3.8, 4) is 0 Å². The molecule has 0 unspecified atom stereocenters. The molecule has 0 saturated carbocycles. The van der Waals surface area contributed by atoms with Crippen molar-refractivity contribution in [2.75, 3.05) is 18.9 Å². The fourth-order valence-electron chi connectivity index (χ4n) is 2.68. The van der Waals surface area contributed by atoms with Crippen LogP contribution < -0.4 is 5.32 Å². The Morgan fingerprint density at radius 3 is 2.57 bits per heavy atom. The van der Waals surface area contributed by atoms with Crippen LogP contribution in [-0.2, 0) is 18.4 Å². The van der Waals surface area contributed by atoms with Gasteiger partial charge in [0, 0.05) is 30.5 Å². The van der Waals surface area contributed by atoms with Gasteiger partial charge < -0.3 is 5.32 Å². The van der Waals surface area contributed by atoms with Crippen molar-refractivity contribution in [2.45, 2.75) is 34.2 Å². The van der Waals surface area contributed by atoms with Crippen molar-refractivity contribution in [3.63, 3.8) is 0 Å². The standard InChI is InChI=1S/C18H26N4O/c1-12-7-8-13(2)17(9-12)19-18(23)11-21(5)10-16-14(3)20-22(6)15(16)4/h7-9H,10-11H2,1-6H3,(H,19,23). The van der Waals surface area contributed by atoms with E-state index in [9.17, 15) is 4.79 Å². The van der Waals surface area contributed by atoms with E-state index in [1.54, 1.807) is 0 Å². The van der Waals surface area contributed by atoms with Crippen LogP contribution in [0.3, 0.4) is 0 Å². The van der Waals surface area contributed by atoms with Crippen LogP contribution >= 0.6 is 0 Å². The van der Waals surface area contributed by atoms with Crippen LogP contribution in [0.15, 0.2) is 18.2 Å². The topological polar surface area (TPSA) is 50.2 Å². The van der Waals surface area contributed by atoms with Gasteiger partial charge in [-0.25, -0.2) is 0 Å². The van der Waals surface area contributed by atoms with Gasteiger partial charge in [0.25, 0.3) is 0 Å². The van der Waals surface area contributed by atoms with Gasteiger partial charge in [0.05, 0.1) is 12.2 Å². The van der Waals surface area contributed by atoms with Gasteiger partial charge in [-0.05, 0) is 51.9 Å². The molecule has 0 aliphatic carbocycles. The first kappa shape index (κ1) is 17.2. The maximum atomic E-state index is 12.3. The number of amides is 1. The van der Waals surface area contributed by atoms with Crippen LogP contribution in [0.25, 0.3) is 0 Å². The number of nitrogens with one attached hydrogen (secondary N) is 1. The highest BCUT2D eigenvalue weighted by Gasteiger charge is 2.14. The summed E-state index contributed by atoms with van der Waals surface area (Å²) in [5, 5.41) is 7.42. The van der Waals surface area contributed by atoms with Gasteiger partial charge in [-0.3, -0.25) is 14.4 Å². The Kier molecular flexibility index (Phi) is 5.21. The van der Waals surface area contributed by atoms with Gasteiger partial charge in [0.15, 0.2) is 0 Å². The van der Waals surface area contributed by atoms with Gasteiger partial charge in [-0.15, -0.1) is 0 Å². The summed E-state index contributed by atoms with van der Waals surface area (Å²) in [6.45, 7) is 9.15. The predicted octanol–water partition coefficient (Wildman–Crippen LogP) is 2.72. The summed E-state index contributed by atoms with van der Waals surface area (Å²) in [6, 6.07) is 6.07. The number of hydrogen-bond donors (Lipinski definition) is 1. The third kappa shape index (κ3) is 4.20.